The van der Waals surface area contributed by atoms with E-state index in [1.54, 1.807) is 18.2 Å². The maximum absolute atomic E-state index is 12.4. The molecule has 0 spiro atoms. The van der Waals surface area contributed by atoms with Gasteiger partial charge in [0.05, 0.1) is 11.3 Å². The summed E-state index contributed by atoms with van der Waals surface area (Å²) in [6.45, 7) is 1.95. The summed E-state index contributed by atoms with van der Waals surface area (Å²) in [5, 5.41) is 5.48. The van der Waals surface area contributed by atoms with Gasteiger partial charge in [-0.15, -0.1) is 0 Å². The predicted molar refractivity (Wildman–Crippen MR) is 79.7 cm³/mol. The molecule has 2 amide bonds. The predicted octanol–water partition coefficient (Wildman–Crippen LogP) is 2.58. The van der Waals surface area contributed by atoms with Crippen molar-refractivity contribution in [1.82, 2.24) is 0 Å². The smallest absolute Gasteiger partial charge is 0.262 e. The van der Waals surface area contributed by atoms with Gasteiger partial charge in [0.2, 0.25) is 0 Å². The van der Waals surface area contributed by atoms with Gasteiger partial charge < -0.3 is 15.4 Å². The van der Waals surface area contributed by atoms with Gasteiger partial charge in [-0.1, -0.05) is 23.8 Å². The largest absolute Gasteiger partial charge is 0.482 e. The van der Waals surface area contributed by atoms with Gasteiger partial charge in [-0.2, -0.15) is 0 Å². The van der Waals surface area contributed by atoms with Crippen LogP contribution in [0.3, 0.4) is 0 Å². The third-order valence-corrected chi connectivity index (χ3v) is 3.20. The van der Waals surface area contributed by atoms with Gasteiger partial charge in [0.25, 0.3) is 11.8 Å². The molecule has 0 radical (unpaired) electrons. The van der Waals surface area contributed by atoms with E-state index in [0.717, 1.165) is 5.56 Å². The minimum atomic E-state index is -0.290. The second kappa shape index (κ2) is 5.28. The summed E-state index contributed by atoms with van der Waals surface area (Å²) in [6, 6.07) is 12.6. The van der Waals surface area contributed by atoms with E-state index in [-0.39, 0.29) is 18.4 Å². The van der Waals surface area contributed by atoms with Gasteiger partial charge >= 0.3 is 0 Å². The first-order valence-electron chi connectivity index (χ1n) is 6.57. The summed E-state index contributed by atoms with van der Waals surface area (Å²) >= 11 is 0. The number of hydrogen-bond acceptors (Lipinski definition) is 3. The maximum atomic E-state index is 12.4. The lowest BCUT2D eigenvalue weighted by atomic mass is 10.1. The van der Waals surface area contributed by atoms with Crippen molar-refractivity contribution in [3.8, 4) is 5.75 Å². The van der Waals surface area contributed by atoms with E-state index in [9.17, 15) is 9.59 Å². The lowest BCUT2D eigenvalue weighted by Crippen LogP contribution is -2.27. The Balaban J connectivity index is 1.88. The first kappa shape index (κ1) is 13.2. The highest BCUT2D eigenvalue weighted by Crippen LogP contribution is 2.31. The summed E-state index contributed by atoms with van der Waals surface area (Å²) in [7, 11) is 0. The quantitative estimate of drug-likeness (QED) is 0.889. The summed E-state index contributed by atoms with van der Waals surface area (Å²) in [4.78, 5) is 23.8. The normalized spacial score (nSPS) is 12.9. The molecule has 2 N–H and O–H groups in total. The van der Waals surface area contributed by atoms with E-state index < -0.39 is 0 Å². The molecule has 1 aliphatic heterocycles. The molecule has 0 aromatic heterocycles. The average molecular weight is 282 g/mol. The Labute approximate surface area is 121 Å². The van der Waals surface area contributed by atoms with Crippen molar-refractivity contribution in [3.05, 3.63) is 53.6 Å². The van der Waals surface area contributed by atoms with E-state index in [0.29, 0.717) is 22.7 Å². The van der Waals surface area contributed by atoms with E-state index in [4.69, 9.17) is 4.74 Å². The van der Waals surface area contributed by atoms with Gasteiger partial charge in [-0.25, -0.2) is 0 Å². The van der Waals surface area contributed by atoms with Gasteiger partial charge in [0.15, 0.2) is 6.61 Å². The third kappa shape index (κ3) is 2.72. The molecule has 2 aromatic carbocycles. The van der Waals surface area contributed by atoms with Crippen LogP contribution < -0.4 is 15.4 Å². The molecular weight excluding hydrogens is 268 g/mol. The number of benzene rings is 2. The van der Waals surface area contributed by atoms with Crippen LogP contribution in [0.4, 0.5) is 11.4 Å². The molecule has 1 heterocycles. The van der Waals surface area contributed by atoms with Crippen LogP contribution in [0, 0.1) is 6.92 Å². The fourth-order valence-corrected chi connectivity index (χ4v) is 2.12. The van der Waals surface area contributed by atoms with Crippen LogP contribution in [0.1, 0.15) is 15.9 Å². The van der Waals surface area contributed by atoms with Crippen LogP contribution in [-0.4, -0.2) is 18.4 Å². The lowest BCUT2D eigenvalue weighted by Gasteiger charge is -2.20. The number of nitrogens with one attached hydrogen (secondary N) is 2. The van der Waals surface area contributed by atoms with Gasteiger partial charge in [0, 0.05) is 5.69 Å². The maximum Gasteiger partial charge on any atom is 0.262 e. The first-order valence-corrected chi connectivity index (χ1v) is 6.57. The number of aryl methyl sites for hydroxylation is 1. The van der Waals surface area contributed by atoms with Crippen LogP contribution in [0.15, 0.2) is 42.5 Å². The summed E-state index contributed by atoms with van der Waals surface area (Å²) in [5.74, 6) is -0.0502. The summed E-state index contributed by atoms with van der Waals surface area (Å²) in [6.07, 6.45) is 0. The molecule has 106 valence electrons. The molecule has 2 aromatic rings. The highest BCUT2D eigenvalue weighted by molar-refractivity contribution is 6.11. The van der Waals surface area contributed by atoms with Crippen molar-refractivity contribution < 1.29 is 14.3 Å². The number of rotatable bonds is 2. The van der Waals surface area contributed by atoms with Crippen LogP contribution >= 0.6 is 0 Å². The topological polar surface area (TPSA) is 67.4 Å². The van der Waals surface area contributed by atoms with Crippen molar-refractivity contribution in [2.75, 3.05) is 17.2 Å². The van der Waals surface area contributed by atoms with Crippen molar-refractivity contribution >= 4 is 23.2 Å². The molecule has 3 rings (SSSR count). The molecule has 0 atom stereocenters. The Kier molecular flexibility index (Phi) is 3.31. The van der Waals surface area contributed by atoms with E-state index in [1.165, 1.54) is 0 Å². The third-order valence-electron chi connectivity index (χ3n) is 3.20. The number of para-hydroxylation sites is 1. The molecule has 0 saturated carbocycles. The van der Waals surface area contributed by atoms with E-state index in [2.05, 4.69) is 10.6 Å². The molecule has 21 heavy (non-hydrogen) atoms. The van der Waals surface area contributed by atoms with Gasteiger partial charge in [0.1, 0.15) is 5.75 Å². The number of carbonyl (C=O) groups excluding carboxylic acids is 2. The highest BCUT2D eigenvalue weighted by atomic mass is 16.5. The number of amides is 2. The molecule has 0 bridgehead atoms. The molecule has 0 aliphatic carbocycles. The molecule has 0 saturated heterocycles. The molecular formula is C16H14N2O3. The fraction of sp³-hybridized carbons (Fsp3) is 0.125. The molecule has 5 heteroatoms. The van der Waals surface area contributed by atoms with Crippen LogP contribution in [0.25, 0.3) is 0 Å². The highest BCUT2D eigenvalue weighted by Gasteiger charge is 2.22. The summed E-state index contributed by atoms with van der Waals surface area (Å²) in [5.41, 5.74) is 2.61. The zero-order valence-electron chi connectivity index (χ0n) is 11.5. The van der Waals surface area contributed by atoms with Gasteiger partial charge in [-0.3, -0.25) is 9.59 Å². The lowest BCUT2D eigenvalue weighted by molar-refractivity contribution is -0.118. The Morgan fingerprint density at radius 1 is 1.19 bits per heavy atom. The minimum absolute atomic E-state index is 0.0317. The fourth-order valence-electron chi connectivity index (χ4n) is 2.12. The van der Waals surface area contributed by atoms with Crippen LogP contribution in [-0.2, 0) is 4.79 Å². The Hall–Kier alpha value is -2.82. The van der Waals surface area contributed by atoms with Crippen molar-refractivity contribution in [2.24, 2.45) is 0 Å². The Morgan fingerprint density at radius 2 is 1.95 bits per heavy atom. The van der Waals surface area contributed by atoms with Crippen LogP contribution in [0.5, 0.6) is 5.75 Å². The molecule has 0 fully saturated rings. The van der Waals surface area contributed by atoms with Gasteiger partial charge in [-0.05, 0) is 31.2 Å². The Morgan fingerprint density at radius 3 is 2.71 bits per heavy atom. The number of ether oxygens (including phenoxy) is 1. The molecule has 5 nitrogen and oxygen atoms in total. The second-order valence-electron chi connectivity index (χ2n) is 4.84. The number of anilines is 2. The van der Waals surface area contributed by atoms with E-state index in [1.807, 2.05) is 31.2 Å². The number of carbonyl (C=O) groups is 2. The monoisotopic (exact) mass is 282 g/mol. The number of fused-ring (bicyclic) bond motifs is 1. The van der Waals surface area contributed by atoms with Crippen molar-refractivity contribution in [3.63, 3.8) is 0 Å². The van der Waals surface area contributed by atoms with Crippen LogP contribution in [0.2, 0.25) is 0 Å². The van der Waals surface area contributed by atoms with Crippen molar-refractivity contribution in [2.45, 2.75) is 6.92 Å². The van der Waals surface area contributed by atoms with E-state index >= 15 is 0 Å². The standard InChI is InChI=1S/C16H14N2O3/c1-10-5-7-11(8-6-10)17-16(20)12-3-2-4-13-15(12)18-14(19)9-21-13/h2-8H,9H2,1H3,(H,17,20)(H,18,19). The molecule has 0 unspecified atom stereocenters. The second-order valence-corrected chi connectivity index (χ2v) is 4.84. The zero-order chi connectivity index (χ0) is 14.8. The first-order chi connectivity index (χ1) is 10.1. The Bertz CT molecular complexity index is 708. The number of hydrogen-bond donors (Lipinski definition) is 2. The molecule has 1 aliphatic rings. The average Bonchev–Trinajstić information content (AvgIpc) is 2.49. The van der Waals surface area contributed by atoms with Crippen molar-refractivity contribution in [1.29, 1.82) is 0 Å². The summed E-state index contributed by atoms with van der Waals surface area (Å²) < 4.78 is 5.30. The SMILES string of the molecule is Cc1ccc(NC(=O)c2cccc3c2NC(=O)CO3)cc1. The zero-order valence-corrected chi connectivity index (χ0v) is 11.5. The minimum Gasteiger partial charge on any atom is -0.482 e.